The van der Waals surface area contributed by atoms with E-state index in [-0.39, 0.29) is 5.15 Å². The summed E-state index contributed by atoms with van der Waals surface area (Å²) >= 11 is 6.36. The standard InChI is InChI=1S/C16H28ClN6O3P/c1-2-3-4-18-16-14(15(17)19-13-20-16)21-27(24,22-5-9-25-10-6-22)23-7-11-26-12-8-23/h13H,2-12H2,1H3,(H,21,24)(H,18,19,20). The summed E-state index contributed by atoms with van der Waals surface area (Å²) in [5.41, 5.74) is 0.483. The fourth-order valence-corrected chi connectivity index (χ4v) is 5.90. The van der Waals surface area contributed by atoms with Crippen LogP contribution in [-0.2, 0) is 14.0 Å². The second-order valence-corrected chi connectivity index (χ2v) is 9.26. The Morgan fingerprint density at radius 3 is 2.26 bits per heavy atom. The molecule has 9 nitrogen and oxygen atoms in total. The molecule has 2 N–H and O–H groups in total. The fourth-order valence-electron chi connectivity index (χ4n) is 3.10. The van der Waals surface area contributed by atoms with E-state index in [1.165, 1.54) is 6.33 Å². The molecule has 2 fully saturated rings. The monoisotopic (exact) mass is 418 g/mol. The maximum Gasteiger partial charge on any atom is 0.309 e. The van der Waals surface area contributed by atoms with Crippen LogP contribution in [0.2, 0.25) is 5.15 Å². The van der Waals surface area contributed by atoms with E-state index in [0.29, 0.717) is 64.1 Å². The van der Waals surface area contributed by atoms with Crippen molar-refractivity contribution in [1.82, 2.24) is 19.3 Å². The van der Waals surface area contributed by atoms with Crippen LogP contribution >= 0.6 is 19.2 Å². The molecule has 3 rings (SSSR count). The van der Waals surface area contributed by atoms with E-state index in [0.717, 1.165) is 19.4 Å². The zero-order valence-electron chi connectivity index (χ0n) is 15.7. The predicted molar refractivity (Wildman–Crippen MR) is 106 cm³/mol. The van der Waals surface area contributed by atoms with Crippen molar-refractivity contribution < 1.29 is 14.0 Å². The van der Waals surface area contributed by atoms with Gasteiger partial charge in [0, 0.05) is 32.7 Å². The average Bonchev–Trinajstić information content (AvgIpc) is 2.72. The Morgan fingerprint density at radius 1 is 1.11 bits per heavy atom. The highest BCUT2D eigenvalue weighted by Crippen LogP contribution is 2.54. The Kier molecular flexibility index (Phi) is 7.69. The van der Waals surface area contributed by atoms with Gasteiger partial charge in [-0.2, -0.15) is 0 Å². The molecule has 0 bridgehead atoms. The van der Waals surface area contributed by atoms with Crippen molar-refractivity contribution in [3.8, 4) is 0 Å². The van der Waals surface area contributed by atoms with Crippen molar-refractivity contribution in [2.24, 2.45) is 0 Å². The SMILES string of the molecule is CCCCNc1ncnc(Cl)c1NP(=O)(N1CCOCC1)N1CCOCC1. The zero-order valence-corrected chi connectivity index (χ0v) is 17.3. The number of nitrogens with one attached hydrogen (secondary N) is 2. The molecule has 2 aliphatic rings. The van der Waals surface area contributed by atoms with Gasteiger partial charge in [0.1, 0.15) is 12.0 Å². The molecule has 0 amide bonds. The number of aromatic nitrogens is 2. The molecule has 0 unspecified atom stereocenters. The molecule has 152 valence electrons. The number of ether oxygens (including phenoxy) is 2. The van der Waals surface area contributed by atoms with Gasteiger partial charge < -0.3 is 19.9 Å². The van der Waals surface area contributed by atoms with E-state index in [2.05, 4.69) is 27.3 Å². The molecule has 11 heteroatoms. The van der Waals surface area contributed by atoms with Gasteiger partial charge >= 0.3 is 7.59 Å². The van der Waals surface area contributed by atoms with Crippen LogP contribution in [0.1, 0.15) is 19.8 Å². The third kappa shape index (κ3) is 5.10. The Labute approximate surface area is 165 Å². The van der Waals surface area contributed by atoms with Crippen LogP contribution in [0.4, 0.5) is 11.5 Å². The number of morpholine rings is 2. The molecule has 0 spiro atoms. The molecule has 0 radical (unpaired) electrons. The Hall–Kier alpha value is -0.960. The zero-order chi connectivity index (χ0) is 19.1. The third-order valence-electron chi connectivity index (χ3n) is 4.62. The maximum atomic E-state index is 14.2. The van der Waals surface area contributed by atoms with Gasteiger partial charge in [-0.3, -0.25) is 4.57 Å². The molecule has 0 atom stereocenters. The molecule has 27 heavy (non-hydrogen) atoms. The largest absolute Gasteiger partial charge is 0.379 e. The molecule has 0 aromatic carbocycles. The van der Waals surface area contributed by atoms with Gasteiger partial charge in [0.05, 0.1) is 26.4 Å². The van der Waals surface area contributed by atoms with E-state index in [1.54, 1.807) is 0 Å². The second-order valence-electron chi connectivity index (χ2n) is 6.46. The van der Waals surface area contributed by atoms with Gasteiger partial charge in [-0.15, -0.1) is 0 Å². The number of hydrogen-bond acceptors (Lipinski definition) is 6. The van der Waals surface area contributed by atoms with E-state index >= 15 is 0 Å². The quantitative estimate of drug-likeness (QED) is 0.375. The Bertz CT molecular complexity index is 633. The topological polar surface area (TPSA) is 91.8 Å². The highest BCUT2D eigenvalue weighted by molar-refractivity contribution is 7.60. The van der Waals surface area contributed by atoms with Crippen LogP contribution in [0.5, 0.6) is 0 Å². The molecular weight excluding hydrogens is 391 g/mol. The molecule has 1 aromatic rings. The van der Waals surface area contributed by atoms with Crippen molar-refractivity contribution in [2.45, 2.75) is 19.8 Å². The third-order valence-corrected chi connectivity index (χ3v) is 7.76. The lowest BCUT2D eigenvalue weighted by Crippen LogP contribution is -2.45. The molecule has 3 heterocycles. The summed E-state index contributed by atoms with van der Waals surface area (Å²) in [5, 5.41) is 6.77. The summed E-state index contributed by atoms with van der Waals surface area (Å²) in [7, 11) is -3.13. The van der Waals surface area contributed by atoms with Crippen molar-refractivity contribution >= 4 is 30.7 Å². The maximum absolute atomic E-state index is 14.2. The number of halogens is 1. The van der Waals surface area contributed by atoms with E-state index in [4.69, 9.17) is 21.1 Å². The van der Waals surface area contributed by atoms with Gasteiger partial charge in [-0.25, -0.2) is 19.3 Å². The fraction of sp³-hybridized carbons (Fsp3) is 0.750. The van der Waals surface area contributed by atoms with Crippen molar-refractivity contribution in [2.75, 3.05) is 69.6 Å². The van der Waals surface area contributed by atoms with Crippen molar-refractivity contribution in [3.05, 3.63) is 11.5 Å². The van der Waals surface area contributed by atoms with Crippen LogP contribution in [-0.4, -0.2) is 78.5 Å². The molecule has 1 aromatic heterocycles. The van der Waals surface area contributed by atoms with E-state index in [9.17, 15) is 4.57 Å². The Morgan fingerprint density at radius 2 is 1.70 bits per heavy atom. The first-order chi connectivity index (χ1) is 13.1. The molecular formula is C16H28ClN6O3P. The molecule has 0 saturated carbocycles. The lowest BCUT2D eigenvalue weighted by Gasteiger charge is -2.42. The highest BCUT2D eigenvalue weighted by atomic mass is 35.5. The van der Waals surface area contributed by atoms with Crippen LogP contribution in [0.3, 0.4) is 0 Å². The lowest BCUT2D eigenvalue weighted by molar-refractivity contribution is 0.0530. The summed E-state index contributed by atoms with van der Waals surface area (Å²) in [6.07, 6.45) is 3.48. The minimum absolute atomic E-state index is 0.255. The van der Waals surface area contributed by atoms with Gasteiger partial charge in [0.2, 0.25) is 0 Å². The number of rotatable bonds is 8. The number of nitrogens with zero attached hydrogens (tertiary/aromatic N) is 4. The summed E-state index contributed by atoms with van der Waals surface area (Å²) < 4.78 is 29.0. The summed E-state index contributed by atoms with van der Waals surface area (Å²) in [6.45, 7) is 7.45. The van der Waals surface area contributed by atoms with Gasteiger partial charge in [-0.1, -0.05) is 24.9 Å². The Balaban J connectivity index is 1.88. The lowest BCUT2D eigenvalue weighted by atomic mass is 10.3. The normalized spacial score (nSPS) is 19.8. The van der Waals surface area contributed by atoms with Gasteiger partial charge in [0.15, 0.2) is 11.0 Å². The summed E-state index contributed by atoms with van der Waals surface area (Å²) in [5.74, 6) is 0.574. The van der Waals surface area contributed by atoms with E-state index < -0.39 is 7.59 Å². The minimum Gasteiger partial charge on any atom is -0.379 e. The van der Waals surface area contributed by atoms with Crippen LogP contribution in [0.15, 0.2) is 6.33 Å². The van der Waals surface area contributed by atoms with Crippen molar-refractivity contribution in [3.63, 3.8) is 0 Å². The van der Waals surface area contributed by atoms with Crippen LogP contribution < -0.4 is 10.4 Å². The van der Waals surface area contributed by atoms with Crippen LogP contribution in [0, 0.1) is 0 Å². The summed E-state index contributed by atoms with van der Waals surface area (Å²) in [4.78, 5) is 8.40. The number of unbranched alkanes of at least 4 members (excludes halogenated alkanes) is 1. The van der Waals surface area contributed by atoms with Crippen LogP contribution in [0.25, 0.3) is 0 Å². The molecule has 2 saturated heterocycles. The minimum atomic E-state index is -3.13. The highest BCUT2D eigenvalue weighted by Gasteiger charge is 2.40. The van der Waals surface area contributed by atoms with Gasteiger partial charge in [-0.05, 0) is 6.42 Å². The number of anilines is 2. The summed E-state index contributed by atoms with van der Waals surface area (Å²) in [6, 6.07) is 0. The predicted octanol–water partition coefficient (Wildman–Crippen LogP) is 2.53. The molecule has 0 aliphatic carbocycles. The second kappa shape index (κ2) is 10.0. The first-order valence-electron chi connectivity index (χ1n) is 9.44. The smallest absolute Gasteiger partial charge is 0.309 e. The average molecular weight is 419 g/mol. The molecule has 2 aliphatic heterocycles. The number of hydrogen-bond donors (Lipinski definition) is 2. The van der Waals surface area contributed by atoms with E-state index in [1.807, 2.05) is 9.34 Å². The van der Waals surface area contributed by atoms with Crippen molar-refractivity contribution in [1.29, 1.82) is 0 Å². The first kappa shape index (κ1) is 20.8. The first-order valence-corrected chi connectivity index (χ1v) is 11.4. The van der Waals surface area contributed by atoms with Gasteiger partial charge in [0.25, 0.3) is 0 Å².